The molecule has 1 N–H and O–H groups in total. The van der Waals surface area contributed by atoms with Crippen molar-refractivity contribution < 1.29 is 0 Å². The summed E-state index contributed by atoms with van der Waals surface area (Å²) in [4.78, 5) is 2.35. The van der Waals surface area contributed by atoms with Crippen LogP contribution in [0.4, 0.5) is 0 Å². The van der Waals surface area contributed by atoms with E-state index in [2.05, 4.69) is 36.9 Å². The van der Waals surface area contributed by atoms with Gasteiger partial charge < -0.3 is 5.32 Å². The molecule has 0 amide bonds. The number of hydrogen-bond donors (Lipinski definition) is 1. The molecule has 2 heteroatoms. The summed E-state index contributed by atoms with van der Waals surface area (Å²) in [7, 11) is 0. The van der Waals surface area contributed by atoms with Gasteiger partial charge in [0.25, 0.3) is 0 Å². The van der Waals surface area contributed by atoms with Crippen molar-refractivity contribution in [2.75, 3.05) is 26.2 Å². The largest absolute Gasteiger partial charge is 0.315 e. The third kappa shape index (κ3) is 6.01. The minimum Gasteiger partial charge on any atom is -0.315 e. The molecule has 14 heavy (non-hydrogen) atoms. The average Bonchev–Trinajstić information content (AvgIpc) is 2.18. The molecule has 1 atom stereocenters. The van der Waals surface area contributed by atoms with Crippen molar-refractivity contribution in [3.63, 3.8) is 0 Å². The van der Waals surface area contributed by atoms with Crippen molar-refractivity contribution in [2.24, 2.45) is 0 Å². The third-order valence-electron chi connectivity index (χ3n) is 2.30. The lowest BCUT2D eigenvalue weighted by Crippen LogP contribution is -2.41. The molecule has 0 aliphatic carbocycles. The smallest absolute Gasteiger partial charge is 0.0601 e. The Morgan fingerprint density at radius 3 is 2.57 bits per heavy atom. The summed E-state index contributed by atoms with van der Waals surface area (Å²) in [5.74, 6) is 2.72. The van der Waals surface area contributed by atoms with E-state index < -0.39 is 0 Å². The molecule has 0 aromatic carbocycles. The molecule has 1 unspecified atom stereocenters. The quantitative estimate of drug-likeness (QED) is 0.470. The van der Waals surface area contributed by atoms with Crippen LogP contribution in [-0.2, 0) is 0 Å². The molecule has 0 heterocycles. The normalized spacial score (nSPS) is 12.8. The lowest BCUT2D eigenvalue weighted by Gasteiger charge is -2.26. The summed E-state index contributed by atoms with van der Waals surface area (Å²) in [6, 6.07) is 0.539. The van der Waals surface area contributed by atoms with Gasteiger partial charge in [0.2, 0.25) is 0 Å². The zero-order valence-electron chi connectivity index (χ0n) is 9.84. The predicted molar refractivity (Wildman–Crippen MR) is 63.3 cm³/mol. The van der Waals surface area contributed by atoms with Crippen LogP contribution >= 0.6 is 0 Å². The number of hydrogen-bond acceptors (Lipinski definition) is 2. The summed E-state index contributed by atoms with van der Waals surface area (Å²) >= 11 is 0. The number of terminal acetylenes is 1. The van der Waals surface area contributed by atoms with Gasteiger partial charge in [0.15, 0.2) is 0 Å². The second-order valence-corrected chi connectivity index (χ2v) is 3.73. The van der Waals surface area contributed by atoms with E-state index in [4.69, 9.17) is 6.42 Å². The summed E-state index contributed by atoms with van der Waals surface area (Å²) in [5.41, 5.74) is 0. The first kappa shape index (κ1) is 13.5. The third-order valence-corrected chi connectivity index (χ3v) is 2.30. The van der Waals surface area contributed by atoms with Crippen LogP contribution in [-0.4, -0.2) is 37.1 Å². The maximum absolute atomic E-state index is 5.34. The SMILES string of the molecule is C#CCN(CCC)C(C)CNCCC. The monoisotopic (exact) mass is 196 g/mol. The van der Waals surface area contributed by atoms with E-state index in [0.29, 0.717) is 6.04 Å². The van der Waals surface area contributed by atoms with E-state index in [1.807, 2.05) is 0 Å². The zero-order chi connectivity index (χ0) is 10.8. The predicted octanol–water partition coefficient (Wildman–Crippen LogP) is 1.72. The molecule has 0 rings (SSSR count). The van der Waals surface area contributed by atoms with Gasteiger partial charge in [-0.25, -0.2) is 0 Å². The van der Waals surface area contributed by atoms with Crippen molar-refractivity contribution in [3.05, 3.63) is 0 Å². The van der Waals surface area contributed by atoms with Crippen molar-refractivity contribution >= 4 is 0 Å². The molecule has 0 aliphatic rings. The molecule has 0 saturated heterocycles. The molecular formula is C12H24N2. The van der Waals surface area contributed by atoms with Crippen molar-refractivity contribution in [3.8, 4) is 12.3 Å². The first-order valence-corrected chi connectivity index (χ1v) is 5.64. The maximum Gasteiger partial charge on any atom is 0.0601 e. The summed E-state index contributed by atoms with van der Waals surface area (Å²) in [6.07, 6.45) is 7.70. The van der Waals surface area contributed by atoms with E-state index in [0.717, 1.165) is 26.2 Å². The average molecular weight is 196 g/mol. The Morgan fingerprint density at radius 2 is 2.07 bits per heavy atom. The van der Waals surface area contributed by atoms with Crippen LogP contribution in [0.2, 0.25) is 0 Å². The minimum absolute atomic E-state index is 0.539. The van der Waals surface area contributed by atoms with E-state index in [1.54, 1.807) is 0 Å². The Labute approximate surface area is 89.1 Å². The van der Waals surface area contributed by atoms with Crippen LogP contribution in [0.1, 0.15) is 33.6 Å². The fourth-order valence-electron chi connectivity index (χ4n) is 1.48. The van der Waals surface area contributed by atoms with Gasteiger partial charge in [-0.15, -0.1) is 6.42 Å². The summed E-state index contributed by atoms with van der Waals surface area (Å²) < 4.78 is 0. The highest BCUT2D eigenvalue weighted by atomic mass is 15.2. The fraction of sp³-hybridized carbons (Fsp3) is 0.833. The molecule has 0 aromatic heterocycles. The summed E-state index contributed by atoms with van der Waals surface area (Å²) in [5, 5.41) is 3.42. The van der Waals surface area contributed by atoms with Gasteiger partial charge in [-0.2, -0.15) is 0 Å². The molecular weight excluding hydrogens is 172 g/mol. The molecule has 2 nitrogen and oxygen atoms in total. The van der Waals surface area contributed by atoms with Gasteiger partial charge in [0.05, 0.1) is 6.54 Å². The Hall–Kier alpha value is -0.520. The summed E-state index contributed by atoms with van der Waals surface area (Å²) in [6.45, 7) is 10.6. The van der Waals surface area contributed by atoms with E-state index in [-0.39, 0.29) is 0 Å². The first-order chi connectivity index (χ1) is 6.76. The molecule has 0 saturated carbocycles. The second kappa shape index (κ2) is 9.05. The van der Waals surface area contributed by atoms with Gasteiger partial charge in [0, 0.05) is 12.6 Å². The molecule has 0 aliphatic heterocycles. The van der Waals surface area contributed by atoms with Crippen LogP contribution in [0, 0.1) is 12.3 Å². The van der Waals surface area contributed by atoms with E-state index in [9.17, 15) is 0 Å². The highest BCUT2D eigenvalue weighted by Crippen LogP contribution is 1.98. The highest BCUT2D eigenvalue weighted by molar-refractivity contribution is 4.89. The highest BCUT2D eigenvalue weighted by Gasteiger charge is 2.10. The standard InChI is InChI=1S/C12H24N2/c1-5-8-13-11-12(4)14(9-6-2)10-7-3/h2,12-13H,5,7-11H2,1,3-4H3. The van der Waals surface area contributed by atoms with Gasteiger partial charge in [-0.3, -0.25) is 4.90 Å². The molecule has 0 aromatic rings. The van der Waals surface area contributed by atoms with Gasteiger partial charge in [0.1, 0.15) is 0 Å². The molecule has 82 valence electrons. The van der Waals surface area contributed by atoms with Crippen LogP contribution in [0.25, 0.3) is 0 Å². The second-order valence-electron chi connectivity index (χ2n) is 3.73. The van der Waals surface area contributed by atoms with E-state index >= 15 is 0 Å². The fourth-order valence-corrected chi connectivity index (χ4v) is 1.48. The van der Waals surface area contributed by atoms with Crippen molar-refractivity contribution in [1.82, 2.24) is 10.2 Å². The Bertz CT molecular complexity index is 160. The van der Waals surface area contributed by atoms with Crippen LogP contribution in [0.5, 0.6) is 0 Å². The Balaban J connectivity index is 3.76. The van der Waals surface area contributed by atoms with Crippen molar-refractivity contribution in [2.45, 2.75) is 39.7 Å². The van der Waals surface area contributed by atoms with Crippen LogP contribution in [0.3, 0.4) is 0 Å². The topological polar surface area (TPSA) is 15.3 Å². The molecule has 0 radical (unpaired) electrons. The number of rotatable bonds is 8. The van der Waals surface area contributed by atoms with Crippen molar-refractivity contribution in [1.29, 1.82) is 0 Å². The Morgan fingerprint density at radius 1 is 1.36 bits per heavy atom. The Kier molecular flexibility index (Phi) is 8.72. The van der Waals surface area contributed by atoms with Gasteiger partial charge in [-0.1, -0.05) is 19.8 Å². The van der Waals surface area contributed by atoms with Crippen LogP contribution in [0.15, 0.2) is 0 Å². The molecule has 0 bridgehead atoms. The van der Waals surface area contributed by atoms with Gasteiger partial charge in [-0.05, 0) is 32.9 Å². The van der Waals surface area contributed by atoms with E-state index in [1.165, 1.54) is 12.8 Å². The van der Waals surface area contributed by atoms with Gasteiger partial charge >= 0.3 is 0 Å². The zero-order valence-corrected chi connectivity index (χ0v) is 9.84. The number of nitrogens with zero attached hydrogens (tertiary/aromatic N) is 1. The molecule has 0 spiro atoms. The van der Waals surface area contributed by atoms with Crippen LogP contribution < -0.4 is 5.32 Å². The molecule has 0 fully saturated rings. The number of nitrogens with one attached hydrogen (secondary N) is 1. The lowest BCUT2D eigenvalue weighted by molar-refractivity contribution is 0.230. The first-order valence-electron chi connectivity index (χ1n) is 5.64. The lowest BCUT2D eigenvalue weighted by atomic mass is 10.2. The maximum atomic E-state index is 5.34. The minimum atomic E-state index is 0.539.